The van der Waals surface area contributed by atoms with E-state index < -0.39 is 0 Å². The van der Waals surface area contributed by atoms with Crippen LogP contribution in [-0.2, 0) is 9.53 Å². The molecule has 1 saturated heterocycles. The zero-order valence-corrected chi connectivity index (χ0v) is 11.9. The fraction of sp³-hybridized carbons (Fsp3) is 0.533. The molecule has 0 saturated carbocycles. The van der Waals surface area contributed by atoms with Crippen LogP contribution in [0.15, 0.2) is 12.1 Å². The standard InChI is InChI=1S/C15H19N3O2/c1-11-6-7-12(10-16)15(17-11)18-8-4-3-5-13(18)9-14(19)20-2/h6-7,13H,3-5,8-9H2,1-2H3. The van der Waals surface area contributed by atoms with Crippen LogP contribution in [0, 0.1) is 18.3 Å². The number of nitrogens with zero attached hydrogens (tertiary/aromatic N) is 3. The van der Waals surface area contributed by atoms with Crippen LogP contribution in [0.5, 0.6) is 0 Å². The number of carbonyl (C=O) groups is 1. The Balaban J connectivity index is 2.30. The third kappa shape index (κ3) is 3.08. The van der Waals surface area contributed by atoms with Crippen molar-refractivity contribution >= 4 is 11.8 Å². The molecule has 5 nitrogen and oxygen atoms in total. The third-order valence-electron chi connectivity index (χ3n) is 3.66. The zero-order chi connectivity index (χ0) is 14.5. The molecule has 0 spiro atoms. The predicted octanol–water partition coefficient (Wildman–Crippen LogP) is 2.18. The lowest BCUT2D eigenvalue weighted by molar-refractivity contribution is -0.141. The molecule has 20 heavy (non-hydrogen) atoms. The van der Waals surface area contributed by atoms with Gasteiger partial charge in [-0.15, -0.1) is 0 Å². The van der Waals surface area contributed by atoms with Gasteiger partial charge in [0.05, 0.1) is 19.1 Å². The van der Waals surface area contributed by atoms with E-state index in [1.54, 1.807) is 6.07 Å². The van der Waals surface area contributed by atoms with Crippen molar-refractivity contribution in [1.29, 1.82) is 5.26 Å². The minimum absolute atomic E-state index is 0.0672. The lowest BCUT2D eigenvalue weighted by atomic mass is 9.98. The minimum Gasteiger partial charge on any atom is -0.469 e. The molecule has 0 aromatic carbocycles. The minimum atomic E-state index is -0.215. The first kappa shape index (κ1) is 14.3. The number of hydrogen-bond acceptors (Lipinski definition) is 5. The Morgan fingerprint density at radius 1 is 1.55 bits per heavy atom. The molecule has 1 aromatic heterocycles. The monoisotopic (exact) mass is 273 g/mol. The van der Waals surface area contributed by atoms with Gasteiger partial charge in [0.2, 0.25) is 0 Å². The lowest BCUT2D eigenvalue weighted by Gasteiger charge is -2.36. The topological polar surface area (TPSA) is 66.2 Å². The molecule has 0 radical (unpaired) electrons. The average Bonchev–Trinajstić information content (AvgIpc) is 2.47. The van der Waals surface area contributed by atoms with E-state index in [0.29, 0.717) is 17.8 Å². The highest BCUT2D eigenvalue weighted by Gasteiger charge is 2.27. The van der Waals surface area contributed by atoms with Gasteiger partial charge in [0.1, 0.15) is 11.9 Å². The summed E-state index contributed by atoms with van der Waals surface area (Å²) in [5.74, 6) is 0.481. The van der Waals surface area contributed by atoms with Gasteiger partial charge in [0, 0.05) is 18.3 Å². The molecule has 0 bridgehead atoms. The van der Waals surface area contributed by atoms with Gasteiger partial charge in [0.15, 0.2) is 0 Å². The second-order valence-electron chi connectivity index (χ2n) is 5.06. The van der Waals surface area contributed by atoms with Crippen LogP contribution in [0.3, 0.4) is 0 Å². The SMILES string of the molecule is COC(=O)CC1CCCCN1c1nc(C)ccc1C#N. The summed E-state index contributed by atoms with van der Waals surface area (Å²) in [5, 5.41) is 9.25. The van der Waals surface area contributed by atoms with E-state index in [9.17, 15) is 10.1 Å². The maximum atomic E-state index is 11.5. The van der Waals surface area contributed by atoms with Crippen molar-refractivity contribution in [3.05, 3.63) is 23.4 Å². The summed E-state index contributed by atoms with van der Waals surface area (Å²) < 4.78 is 4.77. The van der Waals surface area contributed by atoms with E-state index in [1.807, 2.05) is 13.0 Å². The first-order chi connectivity index (χ1) is 9.65. The van der Waals surface area contributed by atoms with Crippen molar-refractivity contribution < 1.29 is 9.53 Å². The van der Waals surface area contributed by atoms with Crippen LogP contribution in [-0.4, -0.2) is 30.6 Å². The first-order valence-corrected chi connectivity index (χ1v) is 6.87. The van der Waals surface area contributed by atoms with E-state index >= 15 is 0 Å². The van der Waals surface area contributed by atoms with Crippen molar-refractivity contribution in [2.24, 2.45) is 0 Å². The number of ether oxygens (including phenoxy) is 1. The normalized spacial score (nSPS) is 18.4. The molecule has 0 aliphatic carbocycles. The summed E-state index contributed by atoms with van der Waals surface area (Å²) in [7, 11) is 1.40. The van der Waals surface area contributed by atoms with E-state index in [-0.39, 0.29) is 12.0 Å². The molecule has 2 heterocycles. The second-order valence-corrected chi connectivity index (χ2v) is 5.06. The number of piperidine rings is 1. The van der Waals surface area contributed by atoms with Gasteiger partial charge in [0.25, 0.3) is 0 Å². The molecule has 106 valence electrons. The molecule has 0 N–H and O–H groups in total. The highest BCUT2D eigenvalue weighted by Crippen LogP contribution is 2.28. The smallest absolute Gasteiger partial charge is 0.307 e. The fourth-order valence-electron chi connectivity index (χ4n) is 2.62. The van der Waals surface area contributed by atoms with Gasteiger partial charge in [-0.2, -0.15) is 5.26 Å². The largest absolute Gasteiger partial charge is 0.469 e. The molecule has 1 aliphatic rings. The van der Waals surface area contributed by atoms with Crippen LogP contribution >= 0.6 is 0 Å². The Bertz CT molecular complexity index is 536. The van der Waals surface area contributed by atoms with Gasteiger partial charge in [-0.25, -0.2) is 4.98 Å². The Kier molecular flexibility index (Phi) is 4.57. The summed E-state index contributed by atoms with van der Waals surface area (Å²) in [4.78, 5) is 18.1. The van der Waals surface area contributed by atoms with Crippen LogP contribution in [0.2, 0.25) is 0 Å². The Morgan fingerprint density at radius 3 is 3.05 bits per heavy atom. The van der Waals surface area contributed by atoms with Gasteiger partial charge < -0.3 is 9.64 Å². The molecule has 1 aromatic rings. The number of aryl methyl sites for hydroxylation is 1. The van der Waals surface area contributed by atoms with E-state index in [4.69, 9.17) is 4.74 Å². The summed E-state index contributed by atoms with van der Waals surface area (Å²) in [6.07, 6.45) is 3.41. The summed E-state index contributed by atoms with van der Waals surface area (Å²) >= 11 is 0. The molecule has 0 amide bonds. The van der Waals surface area contributed by atoms with E-state index in [1.165, 1.54) is 7.11 Å². The van der Waals surface area contributed by atoms with Gasteiger partial charge in [-0.1, -0.05) is 0 Å². The van der Waals surface area contributed by atoms with Gasteiger partial charge in [-0.05, 0) is 38.3 Å². The van der Waals surface area contributed by atoms with Crippen molar-refractivity contribution in [2.45, 2.75) is 38.6 Å². The Labute approximate surface area is 119 Å². The van der Waals surface area contributed by atoms with Crippen molar-refractivity contribution in [1.82, 2.24) is 4.98 Å². The van der Waals surface area contributed by atoms with Crippen LogP contribution < -0.4 is 4.90 Å². The van der Waals surface area contributed by atoms with E-state index in [2.05, 4.69) is 16.0 Å². The number of anilines is 1. The molecule has 1 unspecified atom stereocenters. The number of rotatable bonds is 3. The Morgan fingerprint density at radius 2 is 2.35 bits per heavy atom. The number of methoxy groups -OCH3 is 1. The number of hydrogen-bond donors (Lipinski definition) is 0. The van der Waals surface area contributed by atoms with Crippen LogP contribution in [0.25, 0.3) is 0 Å². The third-order valence-corrected chi connectivity index (χ3v) is 3.66. The molecular formula is C15H19N3O2. The summed E-state index contributed by atoms with van der Waals surface area (Å²) in [5.41, 5.74) is 1.44. The molecule has 1 atom stereocenters. The fourth-order valence-corrected chi connectivity index (χ4v) is 2.62. The predicted molar refractivity (Wildman–Crippen MR) is 75.3 cm³/mol. The molecule has 1 fully saturated rings. The van der Waals surface area contributed by atoms with Crippen LogP contribution in [0.4, 0.5) is 5.82 Å². The van der Waals surface area contributed by atoms with Crippen molar-refractivity contribution in [3.63, 3.8) is 0 Å². The number of esters is 1. The highest BCUT2D eigenvalue weighted by molar-refractivity contribution is 5.71. The lowest BCUT2D eigenvalue weighted by Crippen LogP contribution is -2.42. The number of nitriles is 1. The summed E-state index contributed by atoms with van der Waals surface area (Å²) in [6.45, 7) is 2.73. The molecule has 5 heteroatoms. The van der Waals surface area contributed by atoms with Crippen LogP contribution in [0.1, 0.15) is 36.9 Å². The Hall–Kier alpha value is -2.09. The molecule has 1 aliphatic heterocycles. The second kappa shape index (κ2) is 6.38. The molecular weight excluding hydrogens is 254 g/mol. The van der Waals surface area contributed by atoms with E-state index in [0.717, 1.165) is 31.5 Å². The summed E-state index contributed by atoms with van der Waals surface area (Å²) in [6, 6.07) is 5.88. The maximum Gasteiger partial charge on any atom is 0.307 e. The first-order valence-electron chi connectivity index (χ1n) is 6.87. The maximum absolute atomic E-state index is 11.5. The highest BCUT2D eigenvalue weighted by atomic mass is 16.5. The quantitative estimate of drug-likeness (QED) is 0.790. The molecule has 2 rings (SSSR count). The van der Waals surface area contributed by atoms with Crippen molar-refractivity contribution in [3.8, 4) is 6.07 Å². The van der Waals surface area contributed by atoms with Gasteiger partial charge >= 0.3 is 5.97 Å². The number of carbonyl (C=O) groups excluding carboxylic acids is 1. The number of aromatic nitrogens is 1. The van der Waals surface area contributed by atoms with Crippen molar-refractivity contribution in [2.75, 3.05) is 18.6 Å². The van der Waals surface area contributed by atoms with Gasteiger partial charge in [-0.3, -0.25) is 4.79 Å². The zero-order valence-electron chi connectivity index (χ0n) is 11.9. The average molecular weight is 273 g/mol. The number of pyridine rings is 1.